The number of likely N-dealkylation sites (tertiary alicyclic amines) is 1. The van der Waals surface area contributed by atoms with Gasteiger partial charge in [-0.3, -0.25) is 9.59 Å². The number of para-hydroxylation sites is 1. The van der Waals surface area contributed by atoms with Gasteiger partial charge >= 0.3 is 0 Å². The van der Waals surface area contributed by atoms with Crippen molar-refractivity contribution in [1.29, 1.82) is 0 Å². The van der Waals surface area contributed by atoms with Crippen LogP contribution < -0.4 is 5.32 Å². The molecule has 2 heterocycles. The largest absolute Gasteiger partial charge is 0.341 e. The first kappa shape index (κ1) is 22.8. The Labute approximate surface area is 197 Å². The molecule has 1 fully saturated rings. The first-order valence-corrected chi connectivity index (χ1v) is 13.3. The minimum absolute atomic E-state index is 0.0304. The van der Waals surface area contributed by atoms with Crippen LogP contribution in [0, 0.1) is 6.92 Å². The highest BCUT2D eigenvalue weighted by Crippen LogP contribution is 2.34. The molecule has 1 aliphatic heterocycles. The zero-order valence-electron chi connectivity index (χ0n) is 18.5. The number of rotatable bonds is 7. The van der Waals surface area contributed by atoms with E-state index in [0.717, 1.165) is 29.7 Å². The maximum absolute atomic E-state index is 13.3. The minimum atomic E-state index is -0.491. The summed E-state index contributed by atoms with van der Waals surface area (Å²) >= 11 is 3.45. The van der Waals surface area contributed by atoms with Gasteiger partial charge in [0.1, 0.15) is 6.04 Å². The molecule has 1 aliphatic rings. The first-order chi connectivity index (χ1) is 15.5. The molecule has 32 heavy (non-hydrogen) atoms. The number of amides is 2. The molecule has 1 atom stereocenters. The Bertz CT molecular complexity index is 1060. The topological polar surface area (TPSA) is 62.3 Å². The van der Waals surface area contributed by atoms with Crippen LogP contribution in [-0.4, -0.2) is 52.8 Å². The number of thioether (sulfide) groups is 1. The first-order valence-electron chi connectivity index (χ1n) is 11.1. The molecule has 1 unspecified atom stereocenters. The van der Waals surface area contributed by atoms with Gasteiger partial charge in [0.15, 0.2) is 0 Å². The number of aromatic nitrogens is 1. The van der Waals surface area contributed by atoms with E-state index in [1.54, 1.807) is 29.2 Å². The molecule has 5 nitrogen and oxygen atoms in total. The second-order valence-electron chi connectivity index (χ2n) is 8.30. The highest BCUT2D eigenvalue weighted by atomic mass is 32.2. The molecule has 1 saturated heterocycles. The Kier molecular flexibility index (Phi) is 7.48. The molecular formula is C25H29N3O2S2. The zero-order chi connectivity index (χ0) is 22.5. The van der Waals surface area contributed by atoms with E-state index in [1.165, 1.54) is 9.71 Å². The Morgan fingerprint density at radius 1 is 1.19 bits per heavy atom. The van der Waals surface area contributed by atoms with Crippen LogP contribution >= 0.6 is 23.1 Å². The molecule has 3 aromatic rings. The molecule has 2 aromatic carbocycles. The highest BCUT2D eigenvalue weighted by Gasteiger charge is 2.30. The molecule has 0 spiro atoms. The van der Waals surface area contributed by atoms with Gasteiger partial charge in [-0.05, 0) is 62.5 Å². The normalized spacial score (nSPS) is 15.6. The molecule has 0 bridgehead atoms. The Morgan fingerprint density at radius 3 is 2.69 bits per heavy atom. The Hall–Kier alpha value is -2.38. The number of benzene rings is 2. The second kappa shape index (κ2) is 10.5. The van der Waals surface area contributed by atoms with Crippen LogP contribution in [0.25, 0.3) is 10.2 Å². The number of nitrogens with zero attached hydrogens (tertiary/aromatic N) is 2. The van der Waals surface area contributed by atoms with Crippen molar-refractivity contribution in [3.63, 3.8) is 0 Å². The van der Waals surface area contributed by atoms with Crippen LogP contribution in [0.15, 0.2) is 48.5 Å². The van der Waals surface area contributed by atoms with E-state index < -0.39 is 6.04 Å². The third kappa shape index (κ3) is 5.33. The summed E-state index contributed by atoms with van der Waals surface area (Å²) in [5, 5.41) is 4.17. The quantitative estimate of drug-likeness (QED) is 0.539. The van der Waals surface area contributed by atoms with Gasteiger partial charge in [0.25, 0.3) is 5.91 Å². The molecule has 4 rings (SSSR count). The predicted molar refractivity (Wildman–Crippen MR) is 134 cm³/mol. The monoisotopic (exact) mass is 467 g/mol. The summed E-state index contributed by atoms with van der Waals surface area (Å²) in [5.74, 6) is 1.07. The van der Waals surface area contributed by atoms with Crippen molar-refractivity contribution in [3.05, 3.63) is 64.7 Å². The number of aryl methyl sites for hydroxylation is 1. The number of hydrogen-bond donors (Lipinski definition) is 1. The lowest BCUT2D eigenvalue weighted by Crippen LogP contribution is -2.50. The van der Waals surface area contributed by atoms with E-state index in [1.807, 2.05) is 48.4 Å². The van der Waals surface area contributed by atoms with E-state index in [9.17, 15) is 9.59 Å². The van der Waals surface area contributed by atoms with Crippen molar-refractivity contribution < 1.29 is 9.59 Å². The van der Waals surface area contributed by atoms with E-state index >= 15 is 0 Å². The van der Waals surface area contributed by atoms with Crippen molar-refractivity contribution in [2.45, 2.75) is 38.1 Å². The smallest absolute Gasteiger partial charge is 0.251 e. The lowest BCUT2D eigenvalue weighted by molar-refractivity contribution is -0.134. The van der Waals surface area contributed by atoms with Crippen LogP contribution in [0.4, 0.5) is 0 Å². The summed E-state index contributed by atoms with van der Waals surface area (Å²) < 4.78 is 1.22. The van der Waals surface area contributed by atoms with Crippen LogP contribution in [0.3, 0.4) is 0 Å². The molecule has 0 aliphatic carbocycles. The Morgan fingerprint density at radius 2 is 1.97 bits per heavy atom. The summed E-state index contributed by atoms with van der Waals surface area (Å²) in [6.45, 7) is 3.37. The maximum atomic E-state index is 13.3. The fourth-order valence-electron chi connectivity index (χ4n) is 4.15. The van der Waals surface area contributed by atoms with Gasteiger partial charge in [0.2, 0.25) is 5.91 Å². The average Bonchev–Trinajstić information content (AvgIpc) is 3.25. The predicted octanol–water partition coefficient (Wildman–Crippen LogP) is 4.86. The number of fused-ring (bicyclic) bond motifs is 1. The highest BCUT2D eigenvalue weighted by molar-refractivity contribution is 7.98. The van der Waals surface area contributed by atoms with Gasteiger partial charge in [-0.15, -0.1) is 11.3 Å². The van der Waals surface area contributed by atoms with Crippen molar-refractivity contribution in [1.82, 2.24) is 15.2 Å². The summed E-state index contributed by atoms with van der Waals surface area (Å²) in [5.41, 5.74) is 2.69. The van der Waals surface area contributed by atoms with Gasteiger partial charge in [0, 0.05) is 24.6 Å². The third-order valence-corrected chi connectivity index (χ3v) is 7.80. The number of nitrogens with one attached hydrogen (secondary N) is 1. The lowest BCUT2D eigenvalue weighted by atomic mass is 9.96. The number of piperidine rings is 1. The molecule has 2 amide bonds. The van der Waals surface area contributed by atoms with Gasteiger partial charge in [-0.2, -0.15) is 11.8 Å². The minimum Gasteiger partial charge on any atom is -0.341 e. The van der Waals surface area contributed by atoms with Gasteiger partial charge in [0.05, 0.1) is 15.2 Å². The van der Waals surface area contributed by atoms with Crippen LogP contribution in [0.2, 0.25) is 0 Å². The van der Waals surface area contributed by atoms with E-state index in [4.69, 9.17) is 4.98 Å². The van der Waals surface area contributed by atoms with Gasteiger partial charge in [-0.25, -0.2) is 4.98 Å². The fourth-order valence-corrected chi connectivity index (χ4v) is 5.76. The molecule has 0 saturated carbocycles. The third-order valence-electron chi connectivity index (χ3n) is 5.96. The zero-order valence-corrected chi connectivity index (χ0v) is 20.2. The molecule has 1 N–H and O–H groups in total. The van der Waals surface area contributed by atoms with E-state index in [-0.39, 0.29) is 11.8 Å². The summed E-state index contributed by atoms with van der Waals surface area (Å²) in [6.07, 6.45) is 4.47. The molecule has 0 radical (unpaired) electrons. The van der Waals surface area contributed by atoms with Gasteiger partial charge in [-0.1, -0.05) is 29.8 Å². The van der Waals surface area contributed by atoms with Crippen molar-refractivity contribution in [3.8, 4) is 0 Å². The molecule has 168 valence electrons. The standard InChI is InChI=1S/C25H29N3O2S2/c1-17-6-5-7-19(16-17)23(29)26-21(12-15-31-2)25(30)28-13-10-18(11-14-28)24-27-20-8-3-4-9-22(20)32-24/h3-9,16,18,21H,10-15H2,1-2H3,(H,26,29). The number of thiazole rings is 1. The van der Waals surface area contributed by atoms with Crippen molar-refractivity contribution in [2.24, 2.45) is 0 Å². The molecule has 1 aromatic heterocycles. The van der Waals surface area contributed by atoms with Crippen LogP contribution in [-0.2, 0) is 4.79 Å². The van der Waals surface area contributed by atoms with E-state index in [0.29, 0.717) is 31.0 Å². The summed E-state index contributed by atoms with van der Waals surface area (Å²) in [7, 11) is 0. The van der Waals surface area contributed by atoms with Crippen molar-refractivity contribution in [2.75, 3.05) is 25.1 Å². The fraction of sp³-hybridized carbons (Fsp3) is 0.400. The average molecular weight is 468 g/mol. The number of hydrogen-bond acceptors (Lipinski definition) is 5. The maximum Gasteiger partial charge on any atom is 0.251 e. The summed E-state index contributed by atoms with van der Waals surface area (Å²) in [6, 6.07) is 15.2. The Balaban J connectivity index is 1.39. The molecular weight excluding hydrogens is 438 g/mol. The number of carbonyl (C=O) groups excluding carboxylic acids is 2. The SMILES string of the molecule is CSCCC(NC(=O)c1cccc(C)c1)C(=O)N1CCC(c2nc3ccccc3s2)CC1. The summed E-state index contributed by atoms with van der Waals surface area (Å²) in [4.78, 5) is 32.8. The van der Waals surface area contributed by atoms with Crippen molar-refractivity contribution >= 4 is 45.1 Å². The lowest BCUT2D eigenvalue weighted by Gasteiger charge is -2.33. The van der Waals surface area contributed by atoms with Crippen LogP contribution in [0.5, 0.6) is 0 Å². The molecule has 7 heteroatoms. The van der Waals surface area contributed by atoms with Crippen LogP contribution in [0.1, 0.15) is 46.1 Å². The van der Waals surface area contributed by atoms with Gasteiger partial charge < -0.3 is 10.2 Å². The second-order valence-corrected chi connectivity index (χ2v) is 10.3. The van der Waals surface area contributed by atoms with E-state index in [2.05, 4.69) is 17.4 Å². The number of carbonyl (C=O) groups is 2.